The second-order valence-corrected chi connectivity index (χ2v) is 8.94. The van der Waals surface area contributed by atoms with Gasteiger partial charge in [0.1, 0.15) is 16.4 Å². The monoisotopic (exact) mass is 358 g/mol. The topological polar surface area (TPSA) is 46.3 Å². The highest BCUT2D eigenvalue weighted by Crippen LogP contribution is 2.47. The van der Waals surface area contributed by atoms with E-state index in [2.05, 4.69) is 31.8 Å². The number of hydrogen-bond donors (Lipinski definition) is 0. The van der Waals surface area contributed by atoms with Crippen LogP contribution in [0.2, 0.25) is 0 Å². The summed E-state index contributed by atoms with van der Waals surface area (Å²) in [5, 5.41) is 1.04. The molecule has 2 aromatic rings. The number of thiazole rings is 1. The minimum atomic E-state index is 0.113. The Labute approximate surface area is 153 Å². The van der Waals surface area contributed by atoms with Crippen molar-refractivity contribution in [2.24, 2.45) is 5.92 Å². The number of furan rings is 1. The molecular weight excluding hydrogens is 332 g/mol. The Hall–Kier alpha value is -1.62. The molecule has 0 aliphatic heterocycles. The third-order valence-electron chi connectivity index (χ3n) is 5.23. The highest BCUT2D eigenvalue weighted by Gasteiger charge is 2.38. The van der Waals surface area contributed by atoms with Crippen molar-refractivity contribution in [1.29, 1.82) is 0 Å². The number of carbonyl (C=O) groups is 1. The molecule has 0 saturated heterocycles. The third-order valence-corrected chi connectivity index (χ3v) is 6.68. The zero-order valence-electron chi connectivity index (χ0n) is 15.4. The zero-order valence-corrected chi connectivity index (χ0v) is 16.2. The van der Waals surface area contributed by atoms with Crippen LogP contribution in [0, 0.1) is 12.8 Å². The summed E-state index contributed by atoms with van der Waals surface area (Å²) < 4.78 is 6.04. The van der Waals surface area contributed by atoms with Crippen LogP contribution in [0.15, 0.2) is 16.5 Å². The number of hydrogen-bond acceptors (Lipinski definition) is 4. The van der Waals surface area contributed by atoms with Crippen LogP contribution >= 0.6 is 11.3 Å². The van der Waals surface area contributed by atoms with E-state index in [1.807, 2.05) is 17.9 Å². The van der Waals surface area contributed by atoms with Crippen molar-refractivity contribution in [1.82, 2.24) is 9.88 Å². The minimum Gasteiger partial charge on any atom is -0.464 e. The van der Waals surface area contributed by atoms with Crippen molar-refractivity contribution < 1.29 is 9.21 Å². The van der Waals surface area contributed by atoms with E-state index in [1.165, 1.54) is 6.42 Å². The second kappa shape index (κ2) is 6.27. The summed E-state index contributed by atoms with van der Waals surface area (Å²) in [6.45, 7) is 9.01. The quantitative estimate of drug-likeness (QED) is 0.722. The molecule has 2 unspecified atom stereocenters. The molecule has 134 valence electrons. The highest BCUT2D eigenvalue weighted by molar-refractivity contribution is 7.13. The Morgan fingerprint density at radius 2 is 2.12 bits per heavy atom. The van der Waals surface area contributed by atoms with Crippen LogP contribution < -0.4 is 0 Å². The molecule has 2 aliphatic carbocycles. The molecule has 5 heteroatoms. The van der Waals surface area contributed by atoms with Crippen LogP contribution in [-0.2, 0) is 6.54 Å². The maximum atomic E-state index is 13.1. The van der Waals surface area contributed by atoms with Gasteiger partial charge in [0.15, 0.2) is 0 Å². The lowest BCUT2D eigenvalue weighted by Crippen LogP contribution is -2.32. The van der Waals surface area contributed by atoms with Crippen LogP contribution in [0.25, 0.3) is 0 Å². The van der Waals surface area contributed by atoms with Crippen molar-refractivity contribution in [3.8, 4) is 0 Å². The summed E-state index contributed by atoms with van der Waals surface area (Å²) in [4.78, 5) is 20.5. The van der Waals surface area contributed by atoms with Crippen molar-refractivity contribution in [2.45, 2.75) is 71.4 Å². The lowest BCUT2D eigenvalue weighted by molar-refractivity contribution is 0.0720. The molecular formula is C20H26N2O2S. The summed E-state index contributed by atoms with van der Waals surface area (Å²) in [6, 6.07) is 4.49. The normalized spacial score (nSPS) is 22.4. The van der Waals surface area contributed by atoms with Gasteiger partial charge in [0, 0.05) is 17.9 Å². The molecule has 0 radical (unpaired) electrons. The molecule has 0 bridgehead atoms. The van der Waals surface area contributed by atoms with Gasteiger partial charge in [-0.05, 0) is 44.2 Å². The summed E-state index contributed by atoms with van der Waals surface area (Å²) in [6.07, 6.45) is 3.40. The molecule has 0 aromatic carbocycles. The smallest absolute Gasteiger partial charge is 0.266 e. The summed E-state index contributed by atoms with van der Waals surface area (Å²) in [5.74, 6) is 3.77. The Morgan fingerprint density at radius 1 is 1.40 bits per heavy atom. The Bertz CT molecular complexity index is 787. The summed E-state index contributed by atoms with van der Waals surface area (Å²) >= 11 is 1.55. The van der Waals surface area contributed by atoms with Crippen LogP contribution in [-0.4, -0.2) is 21.8 Å². The van der Waals surface area contributed by atoms with E-state index in [4.69, 9.17) is 4.42 Å². The number of aryl methyl sites for hydroxylation is 1. The van der Waals surface area contributed by atoms with E-state index >= 15 is 0 Å². The SMILES string of the molecule is Cc1nc(C(C)C)sc1C(=O)N(Cc1ccc(C2CC2C)o1)C1CC1. The minimum absolute atomic E-state index is 0.113. The van der Waals surface area contributed by atoms with Gasteiger partial charge in [-0.3, -0.25) is 4.79 Å². The molecule has 1 amide bonds. The Balaban J connectivity index is 1.53. The lowest BCUT2D eigenvalue weighted by atomic mass is 10.2. The van der Waals surface area contributed by atoms with E-state index < -0.39 is 0 Å². The van der Waals surface area contributed by atoms with Crippen LogP contribution in [0.3, 0.4) is 0 Å². The molecule has 2 aromatic heterocycles. The summed E-state index contributed by atoms with van der Waals surface area (Å²) in [7, 11) is 0. The molecule has 2 aliphatic rings. The fourth-order valence-electron chi connectivity index (χ4n) is 3.31. The Morgan fingerprint density at radius 3 is 2.68 bits per heavy atom. The van der Waals surface area contributed by atoms with Gasteiger partial charge in [-0.1, -0.05) is 20.8 Å². The van der Waals surface area contributed by atoms with Crippen molar-refractivity contribution in [3.05, 3.63) is 39.2 Å². The van der Waals surface area contributed by atoms with E-state index in [-0.39, 0.29) is 5.91 Å². The molecule has 2 saturated carbocycles. The van der Waals surface area contributed by atoms with Crippen LogP contribution in [0.5, 0.6) is 0 Å². The van der Waals surface area contributed by atoms with Crippen molar-refractivity contribution >= 4 is 17.2 Å². The molecule has 2 fully saturated rings. The van der Waals surface area contributed by atoms with E-state index in [1.54, 1.807) is 11.3 Å². The predicted molar refractivity (Wildman–Crippen MR) is 99.1 cm³/mol. The average molecular weight is 359 g/mol. The standard InChI is InChI=1S/C20H26N2O2S/c1-11(2)19-21-13(4)18(25-19)20(23)22(14-5-6-14)10-15-7-8-17(24-15)16-9-12(16)3/h7-8,11-12,14,16H,5-6,9-10H2,1-4H3. The molecule has 2 atom stereocenters. The molecule has 4 nitrogen and oxygen atoms in total. The number of amides is 1. The van der Waals surface area contributed by atoms with Gasteiger partial charge < -0.3 is 9.32 Å². The molecule has 4 rings (SSSR count). The third kappa shape index (κ3) is 3.39. The first-order valence-electron chi connectivity index (χ1n) is 9.31. The first-order chi connectivity index (χ1) is 11.9. The first kappa shape index (κ1) is 16.8. The molecule has 2 heterocycles. The van der Waals surface area contributed by atoms with E-state index in [9.17, 15) is 4.79 Å². The fourth-order valence-corrected chi connectivity index (χ4v) is 4.34. The summed E-state index contributed by atoms with van der Waals surface area (Å²) in [5.41, 5.74) is 0.858. The van der Waals surface area contributed by atoms with Gasteiger partial charge in [-0.2, -0.15) is 0 Å². The maximum Gasteiger partial charge on any atom is 0.266 e. The maximum absolute atomic E-state index is 13.1. The lowest BCUT2D eigenvalue weighted by Gasteiger charge is -2.20. The number of carbonyl (C=O) groups excluding carboxylic acids is 1. The van der Waals surface area contributed by atoms with Crippen LogP contribution in [0.1, 0.15) is 83.8 Å². The van der Waals surface area contributed by atoms with E-state index in [0.717, 1.165) is 45.9 Å². The zero-order chi connectivity index (χ0) is 17.7. The van der Waals surface area contributed by atoms with E-state index in [0.29, 0.717) is 24.4 Å². The number of nitrogens with zero attached hydrogens (tertiary/aromatic N) is 2. The molecule has 0 N–H and O–H groups in total. The fraction of sp³-hybridized carbons (Fsp3) is 0.600. The largest absolute Gasteiger partial charge is 0.464 e. The second-order valence-electron chi connectivity index (χ2n) is 7.91. The van der Waals surface area contributed by atoms with Crippen molar-refractivity contribution in [3.63, 3.8) is 0 Å². The van der Waals surface area contributed by atoms with Gasteiger partial charge >= 0.3 is 0 Å². The number of aromatic nitrogens is 1. The van der Waals surface area contributed by atoms with Crippen LogP contribution in [0.4, 0.5) is 0 Å². The molecule has 25 heavy (non-hydrogen) atoms. The predicted octanol–water partition coefficient (Wildman–Crippen LogP) is 5.10. The van der Waals surface area contributed by atoms with Gasteiger partial charge in [0.05, 0.1) is 17.2 Å². The molecule has 0 spiro atoms. The van der Waals surface area contributed by atoms with Gasteiger partial charge in [0.2, 0.25) is 0 Å². The van der Waals surface area contributed by atoms with Gasteiger partial charge in [0.25, 0.3) is 5.91 Å². The highest BCUT2D eigenvalue weighted by atomic mass is 32.1. The van der Waals surface area contributed by atoms with Crippen molar-refractivity contribution in [2.75, 3.05) is 0 Å². The first-order valence-corrected chi connectivity index (χ1v) is 10.1. The Kier molecular flexibility index (Phi) is 4.22. The van der Waals surface area contributed by atoms with Gasteiger partial charge in [-0.25, -0.2) is 4.98 Å². The number of rotatable bonds is 6. The van der Waals surface area contributed by atoms with Gasteiger partial charge in [-0.15, -0.1) is 11.3 Å². The average Bonchev–Trinajstić information content (AvgIpc) is 3.45.